The fourth-order valence-corrected chi connectivity index (χ4v) is 6.43. The van der Waals surface area contributed by atoms with E-state index in [9.17, 15) is 53.1 Å². The molecule has 0 bridgehead atoms. The van der Waals surface area contributed by atoms with Crippen molar-refractivity contribution in [1.29, 1.82) is 0 Å². The number of benzene rings is 1. The van der Waals surface area contributed by atoms with Crippen molar-refractivity contribution in [2.75, 3.05) is 32.4 Å². The molecule has 0 aromatic heterocycles. The maximum Gasteiger partial charge on any atom is 0.305 e. The molecule has 0 fully saturated rings. The van der Waals surface area contributed by atoms with Crippen molar-refractivity contribution in [3.8, 4) is 0 Å². The number of amides is 8. The smallest absolute Gasteiger partial charge is 0.305 e. The first-order valence-electron chi connectivity index (χ1n) is 21.3. The number of hydrogen-bond acceptors (Lipinski definition) is 13. The number of nitrogens with two attached hydrogens (primary N) is 2. The molecule has 7 atom stereocenters. The predicted molar refractivity (Wildman–Crippen MR) is 243 cm³/mol. The molecule has 0 heterocycles. The predicted octanol–water partition coefficient (Wildman–Crippen LogP) is -3.37. The van der Waals surface area contributed by atoms with Gasteiger partial charge in [-0.05, 0) is 71.0 Å². The summed E-state index contributed by atoms with van der Waals surface area (Å²) in [6.07, 6.45) is 1.64. The van der Waals surface area contributed by atoms with E-state index in [1.54, 1.807) is 51.2 Å². The van der Waals surface area contributed by atoms with Crippen LogP contribution < -0.4 is 59.3 Å². The lowest BCUT2D eigenvalue weighted by Crippen LogP contribution is -2.59. The summed E-state index contributed by atoms with van der Waals surface area (Å²) >= 11 is 4.16. The lowest BCUT2D eigenvalue weighted by Gasteiger charge is -2.25. The number of unbranched alkanes of at least 4 members (excludes halogenated alkanes) is 1. The number of aliphatic imine (C=N–C) groups is 1. The minimum Gasteiger partial charge on any atom is -0.481 e. The van der Waals surface area contributed by atoms with Crippen LogP contribution in [0.25, 0.3) is 0 Å². The van der Waals surface area contributed by atoms with Crippen molar-refractivity contribution in [2.24, 2.45) is 16.5 Å². The van der Waals surface area contributed by atoms with Crippen LogP contribution >= 0.6 is 12.6 Å². The van der Waals surface area contributed by atoms with Gasteiger partial charge in [-0.2, -0.15) is 12.6 Å². The van der Waals surface area contributed by atoms with Crippen molar-refractivity contribution in [2.45, 2.75) is 121 Å². The number of nitrogens with one attached hydrogen (secondary N) is 9. The molecule has 0 unspecified atom stereocenters. The zero-order chi connectivity index (χ0) is 48.9. The van der Waals surface area contributed by atoms with E-state index in [1.165, 1.54) is 6.92 Å². The highest BCUT2D eigenvalue weighted by molar-refractivity contribution is 7.80. The number of carbonyl (C=O) groups is 10. The fraction of sp³-hybridized carbons (Fsp3) is 0.585. The van der Waals surface area contributed by atoms with Gasteiger partial charge < -0.3 is 64.4 Å². The lowest BCUT2D eigenvalue weighted by molar-refractivity contribution is -0.141. The number of thiol groups is 1. The summed E-state index contributed by atoms with van der Waals surface area (Å²) in [5.41, 5.74) is 11.5. The van der Waals surface area contributed by atoms with Crippen molar-refractivity contribution in [3.05, 3.63) is 35.9 Å². The number of Topliss-reactive ketones (excluding diaryl/α,β-unsaturated/α-hetero) is 1. The normalized spacial score (nSPS) is 13.9. The van der Waals surface area contributed by atoms with E-state index in [0.717, 1.165) is 6.42 Å². The second kappa shape index (κ2) is 31.5. The maximum atomic E-state index is 13.5. The number of carboxylic acids is 1. The molecular formula is C41H66N12O11S. The van der Waals surface area contributed by atoms with Gasteiger partial charge >= 0.3 is 5.97 Å². The molecule has 65 heavy (non-hydrogen) atoms. The Balaban J connectivity index is 3.12. The Morgan fingerprint density at radius 2 is 1.23 bits per heavy atom. The number of aliphatic carboxylic acids is 1. The van der Waals surface area contributed by atoms with E-state index < -0.39 is 103 Å². The van der Waals surface area contributed by atoms with Crippen LogP contribution in [0.1, 0.15) is 77.7 Å². The molecule has 0 saturated heterocycles. The molecule has 1 aromatic rings. The average molecular weight is 935 g/mol. The Bertz CT molecular complexity index is 1790. The van der Waals surface area contributed by atoms with Gasteiger partial charge in [0, 0.05) is 18.7 Å². The van der Waals surface area contributed by atoms with E-state index in [0.29, 0.717) is 37.8 Å². The van der Waals surface area contributed by atoms with Crippen molar-refractivity contribution in [3.63, 3.8) is 0 Å². The van der Waals surface area contributed by atoms with E-state index in [1.807, 2.05) is 0 Å². The summed E-state index contributed by atoms with van der Waals surface area (Å²) in [5, 5.41) is 32.3. The van der Waals surface area contributed by atoms with Gasteiger partial charge in [0.25, 0.3) is 0 Å². The molecule has 14 N–H and O–H groups in total. The number of guanidine groups is 1. The lowest BCUT2D eigenvalue weighted by atomic mass is 10.0. The second-order valence-corrected chi connectivity index (χ2v) is 15.3. The molecule has 23 nitrogen and oxygen atoms in total. The Labute approximate surface area is 383 Å². The van der Waals surface area contributed by atoms with E-state index >= 15 is 0 Å². The molecule has 1 aromatic carbocycles. The summed E-state index contributed by atoms with van der Waals surface area (Å²) < 4.78 is 0. The first-order valence-corrected chi connectivity index (χ1v) is 21.9. The Morgan fingerprint density at radius 1 is 0.692 bits per heavy atom. The third kappa shape index (κ3) is 22.8. The topological polar surface area (TPSA) is 364 Å². The second-order valence-electron chi connectivity index (χ2n) is 14.9. The van der Waals surface area contributed by atoms with Crippen molar-refractivity contribution in [1.82, 2.24) is 47.9 Å². The van der Waals surface area contributed by atoms with Gasteiger partial charge in [-0.15, -0.1) is 0 Å². The van der Waals surface area contributed by atoms with Gasteiger partial charge in [0.2, 0.25) is 47.8 Å². The van der Waals surface area contributed by atoms with Crippen LogP contribution in [0.4, 0.5) is 0 Å². The molecule has 8 amide bonds. The quantitative estimate of drug-likeness (QED) is 0.0108. The van der Waals surface area contributed by atoms with E-state index in [2.05, 4.69) is 65.5 Å². The standard InChI is InChI=1S/C41H66N12O11S/c1-5-26(24(3)55)49-38(62)30(19-25-13-8-7-9-14-25)52-40(64)32(22-65)53-39(63)31(20-34(57)58)48-33(56)21-46-35(59)29(16-12-18-45-41(42)43)51-36(60)27(6-2)50-37(61)28(47-23-54)15-10-11-17-44-4/h7-9,13-14,23,26-32,44,65H,5-6,10-12,15-22H2,1-4H3,(H,46,59)(H,47,54)(H,48,56)(H,49,62)(H,50,61)(H,51,60)(H,52,64)(H,53,63)(H,57,58)(H4,42,43,45)/t26-,27-,28-,29-,30-,31-,32-/m0/s1. The third-order valence-corrected chi connectivity index (χ3v) is 10.1. The molecule has 0 saturated carbocycles. The Morgan fingerprint density at radius 3 is 1.80 bits per heavy atom. The van der Waals surface area contributed by atoms with Crippen molar-refractivity contribution >= 4 is 78.1 Å². The highest BCUT2D eigenvalue weighted by atomic mass is 32.1. The van der Waals surface area contributed by atoms with Crippen LogP contribution in [0.2, 0.25) is 0 Å². The summed E-state index contributed by atoms with van der Waals surface area (Å²) in [5.74, 6) is -8.21. The molecule has 1 rings (SSSR count). The molecular weight excluding hydrogens is 869 g/mol. The molecule has 0 aliphatic carbocycles. The van der Waals surface area contributed by atoms with E-state index in [4.69, 9.17) is 11.5 Å². The summed E-state index contributed by atoms with van der Waals surface area (Å²) in [6.45, 7) is 4.61. The third-order valence-electron chi connectivity index (χ3n) is 9.78. The minimum atomic E-state index is -1.76. The molecule has 362 valence electrons. The van der Waals surface area contributed by atoms with Gasteiger partial charge in [-0.25, -0.2) is 0 Å². The number of ketones is 1. The highest BCUT2D eigenvalue weighted by Crippen LogP contribution is 2.08. The highest BCUT2D eigenvalue weighted by Gasteiger charge is 2.32. The number of hydrogen-bond donors (Lipinski definition) is 13. The van der Waals surface area contributed by atoms with Crippen LogP contribution in [0.3, 0.4) is 0 Å². The fourth-order valence-electron chi connectivity index (χ4n) is 6.17. The van der Waals surface area contributed by atoms with Crippen LogP contribution in [-0.4, -0.2) is 145 Å². The summed E-state index contributed by atoms with van der Waals surface area (Å²) in [6, 6.07) is 0.126. The average Bonchev–Trinajstić information content (AvgIpc) is 3.26. The molecule has 0 radical (unpaired) electrons. The van der Waals surface area contributed by atoms with Gasteiger partial charge in [-0.1, -0.05) is 44.2 Å². The molecule has 0 spiro atoms. The summed E-state index contributed by atoms with van der Waals surface area (Å²) in [7, 11) is 1.78. The zero-order valence-corrected chi connectivity index (χ0v) is 38.2. The van der Waals surface area contributed by atoms with Crippen LogP contribution in [0, 0.1) is 0 Å². The number of carbonyl (C=O) groups excluding carboxylic acids is 9. The molecule has 0 aliphatic rings. The largest absolute Gasteiger partial charge is 0.481 e. The monoisotopic (exact) mass is 934 g/mol. The van der Waals surface area contributed by atoms with Crippen LogP contribution in [0.15, 0.2) is 35.3 Å². The van der Waals surface area contributed by atoms with Gasteiger partial charge in [0.1, 0.15) is 36.3 Å². The first-order chi connectivity index (χ1) is 30.9. The van der Waals surface area contributed by atoms with Crippen LogP contribution in [-0.2, 0) is 54.4 Å². The molecule has 24 heteroatoms. The Hall–Kier alpha value is -6.30. The van der Waals surface area contributed by atoms with Gasteiger partial charge in [0.05, 0.1) is 19.0 Å². The molecule has 0 aliphatic heterocycles. The van der Waals surface area contributed by atoms with Gasteiger partial charge in [0.15, 0.2) is 11.7 Å². The summed E-state index contributed by atoms with van der Waals surface area (Å²) in [4.78, 5) is 132. The van der Waals surface area contributed by atoms with Crippen molar-refractivity contribution < 1.29 is 53.1 Å². The van der Waals surface area contributed by atoms with Gasteiger partial charge in [-0.3, -0.25) is 52.9 Å². The maximum absolute atomic E-state index is 13.5. The number of rotatable bonds is 33. The van der Waals surface area contributed by atoms with Crippen LogP contribution in [0.5, 0.6) is 0 Å². The number of nitrogens with zero attached hydrogens (tertiary/aromatic N) is 1. The Kier molecular flexibility index (Phi) is 27.5. The first kappa shape index (κ1) is 56.7. The SMILES string of the molecule is CC[C@H](NC(=O)[C@H](Cc1ccccc1)NC(=O)[C@H](CS)NC(=O)[C@H](CC(=O)O)NC(=O)CNC(=O)[C@H](CCCN=C(N)N)NC(=O)[C@H](CC)NC(=O)[C@H](CCCCNC)NC=O)C(C)=O. The number of carboxylic acid groups (broad SMARTS) is 1. The zero-order valence-electron chi connectivity index (χ0n) is 37.3. The van der Waals surface area contributed by atoms with E-state index in [-0.39, 0.29) is 49.7 Å². The minimum absolute atomic E-state index is 0.0121.